The number of rotatable bonds is 4. The van der Waals surface area contributed by atoms with Crippen molar-refractivity contribution in [1.82, 2.24) is 0 Å². The summed E-state index contributed by atoms with van der Waals surface area (Å²) in [6.45, 7) is 2.04. The molecule has 0 aliphatic rings. The van der Waals surface area contributed by atoms with Gasteiger partial charge in [-0.1, -0.05) is 36.2 Å². The first-order valence-electron chi connectivity index (χ1n) is 6.17. The molecule has 0 spiro atoms. The van der Waals surface area contributed by atoms with Crippen LogP contribution >= 0.6 is 39.1 Å². The van der Waals surface area contributed by atoms with Crippen molar-refractivity contribution in [2.45, 2.75) is 19.4 Å². The summed E-state index contributed by atoms with van der Waals surface area (Å²) in [5.74, 6) is -0.284. The zero-order valence-electron chi connectivity index (χ0n) is 10.8. The molecule has 1 unspecified atom stereocenters. The first kappa shape index (κ1) is 15.6. The second-order valence-corrected chi connectivity index (χ2v) is 6.09. The van der Waals surface area contributed by atoms with Gasteiger partial charge in [0.2, 0.25) is 0 Å². The van der Waals surface area contributed by atoms with Crippen molar-refractivity contribution >= 4 is 44.8 Å². The summed E-state index contributed by atoms with van der Waals surface area (Å²) in [5, 5.41) is 4.50. The Hall–Kier alpha value is -0.770. The van der Waals surface area contributed by atoms with Crippen LogP contribution in [0.25, 0.3) is 0 Å². The zero-order valence-corrected chi connectivity index (χ0v) is 13.9. The molecule has 0 bridgehead atoms. The fourth-order valence-electron chi connectivity index (χ4n) is 1.98. The number of anilines is 1. The second-order valence-electron chi connectivity index (χ2n) is 4.40. The molecule has 0 saturated carbocycles. The normalized spacial score (nSPS) is 12.2. The minimum Gasteiger partial charge on any atom is -0.377 e. The van der Waals surface area contributed by atoms with E-state index in [-0.39, 0.29) is 11.9 Å². The second kappa shape index (κ2) is 6.79. The summed E-state index contributed by atoms with van der Waals surface area (Å²) in [4.78, 5) is 0. The molecule has 1 atom stereocenters. The van der Waals surface area contributed by atoms with Crippen LogP contribution in [0.15, 0.2) is 40.9 Å². The van der Waals surface area contributed by atoms with Gasteiger partial charge in [-0.05, 0) is 58.2 Å². The first-order valence-corrected chi connectivity index (χ1v) is 7.72. The van der Waals surface area contributed by atoms with Crippen LogP contribution in [0.3, 0.4) is 0 Å². The van der Waals surface area contributed by atoms with Crippen molar-refractivity contribution in [2.75, 3.05) is 5.32 Å². The number of hydrogen-bond donors (Lipinski definition) is 1. The Labute approximate surface area is 136 Å². The van der Waals surface area contributed by atoms with E-state index in [9.17, 15) is 4.39 Å². The van der Waals surface area contributed by atoms with Gasteiger partial charge in [0.15, 0.2) is 0 Å². The maximum atomic E-state index is 13.3. The summed E-state index contributed by atoms with van der Waals surface area (Å²) >= 11 is 15.5. The predicted molar refractivity (Wildman–Crippen MR) is 87.2 cm³/mol. The van der Waals surface area contributed by atoms with E-state index in [1.807, 2.05) is 13.0 Å². The van der Waals surface area contributed by atoms with E-state index >= 15 is 0 Å². The van der Waals surface area contributed by atoms with Gasteiger partial charge in [-0.3, -0.25) is 0 Å². The molecule has 2 aromatic rings. The molecule has 0 aromatic heterocycles. The van der Waals surface area contributed by atoms with E-state index in [0.717, 1.165) is 16.5 Å². The Kier molecular flexibility index (Phi) is 5.30. The summed E-state index contributed by atoms with van der Waals surface area (Å²) in [6, 6.07) is 9.92. The Balaban J connectivity index is 2.31. The SMILES string of the molecule is CCC(Nc1cc(F)ccc1Br)c1ccc(Cl)cc1Cl. The first-order chi connectivity index (χ1) is 9.51. The van der Waals surface area contributed by atoms with Crippen LogP contribution < -0.4 is 5.32 Å². The monoisotopic (exact) mass is 375 g/mol. The Morgan fingerprint density at radius 1 is 1.20 bits per heavy atom. The summed E-state index contributed by atoms with van der Waals surface area (Å²) in [5.41, 5.74) is 1.64. The molecule has 0 heterocycles. The van der Waals surface area contributed by atoms with Gasteiger partial charge in [-0.2, -0.15) is 0 Å². The van der Waals surface area contributed by atoms with E-state index in [1.54, 1.807) is 18.2 Å². The number of nitrogens with one attached hydrogen (secondary N) is 1. The van der Waals surface area contributed by atoms with E-state index in [4.69, 9.17) is 23.2 Å². The van der Waals surface area contributed by atoms with E-state index in [2.05, 4.69) is 21.2 Å². The molecule has 5 heteroatoms. The van der Waals surface area contributed by atoms with Gasteiger partial charge >= 0.3 is 0 Å². The fourth-order valence-corrected chi connectivity index (χ4v) is 2.88. The van der Waals surface area contributed by atoms with Crippen molar-refractivity contribution in [2.24, 2.45) is 0 Å². The van der Waals surface area contributed by atoms with E-state index in [1.165, 1.54) is 12.1 Å². The van der Waals surface area contributed by atoms with Gasteiger partial charge in [0.25, 0.3) is 0 Å². The van der Waals surface area contributed by atoms with Crippen LogP contribution in [0.2, 0.25) is 10.0 Å². The third-order valence-electron chi connectivity index (χ3n) is 3.00. The van der Waals surface area contributed by atoms with Crippen LogP contribution in [-0.2, 0) is 0 Å². The standard InChI is InChI=1S/C15H13BrCl2FN/c1-2-14(11-5-3-9(17)7-13(11)18)20-15-8-10(19)4-6-12(15)16/h3-8,14,20H,2H2,1H3. The van der Waals surface area contributed by atoms with Crippen molar-refractivity contribution in [3.8, 4) is 0 Å². The number of hydrogen-bond acceptors (Lipinski definition) is 1. The summed E-state index contributed by atoms with van der Waals surface area (Å²) < 4.78 is 14.1. The number of benzene rings is 2. The number of halogens is 4. The van der Waals surface area contributed by atoms with Gasteiger partial charge in [-0.15, -0.1) is 0 Å². The molecule has 2 rings (SSSR count). The average Bonchev–Trinajstić information content (AvgIpc) is 2.40. The third-order valence-corrected chi connectivity index (χ3v) is 4.26. The van der Waals surface area contributed by atoms with Crippen molar-refractivity contribution in [3.63, 3.8) is 0 Å². The maximum Gasteiger partial charge on any atom is 0.125 e. The molecule has 0 saturated heterocycles. The quantitative estimate of drug-likeness (QED) is 0.645. The fraction of sp³-hybridized carbons (Fsp3) is 0.200. The van der Waals surface area contributed by atoms with Gasteiger partial charge in [0, 0.05) is 14.5 Å². The largest absolute Gasteiger partial charge is 0.377 e. The van der Waals surface area contributed by atoms with Crippen LogP contribution in [0.1, 0.15) is 24.9 Å². The molecular weight excluding hydrogens is 364 g/mol. The van der Waals surface area contributed by atoms with Gasteiger partial charge in [-0.25, -0.2) is 4.39 Å². The third kappa shape index (κ3) is 3.66. The highest BCUT2D eigenvalue weighted by Gasteiger charge is 2.14. The molecule has 0 radical (unpaired) electrons. The smallest absolute Gasteiger partial charge is 0.125 e. The predicted octanol–water partition coefficient (Wildman–Crippen LogP) is 6.46. The molecule has 2 aromatic carbocycles. The minimum absolute atomic E-state index is 0.0159. The Morgan fingerprint density at radius 2 is 1.95 bits per heavy atom. The van der Waals surface area contributed by atoms with Crippen molar-refractivity contribution in [1.29, 1.82) is 0 Å². The average molecular weight is 377 g/mol. The molecule has 0 amide bonds. The topological polar surface area (TPSA) is 12.0 Å². The van der Waals surface area contributed by atoms with E-state index < -0.39 is 0 Å². The van der Waals surface area contributed by atoms with Gasteiger partial charge < -0.3 is 5.32 Å². The van der Waals surface area contributed by atoms with Crippen LogP contribution in [0.5, 0.6) is 0 Å². The summed E-state index contributed by atoms with van der Waals surface area (Å²) in [7, 11) is 0. The van der Waals surface area contributed by atoms with E-state index in [0.29, 0.717) is 15.7 Å². The summed E-state index contributed by atoms with van der Waals surface area (Å²) in [6.07, 6.45) is 0.810. The molecule has 0 fully saturated rings. The Bertz CT molecular complexity index is 619. The lowest BCUT2D eigenvalue weighted by Gasteiger charge is -2.21. The molecule has 0 aliphatic carbocycles. The van der Waals surface area contributed by atoms with Gasteiger partial charge in [0.05, 0.1) is 11.7 Å². The minimum atomic E-state index is -0.284. The zero-order chi connectivity index (χ0) is 14.7. The lowest BCUT2D eigenvalue weighted by atomic mass is 10.0. The molecule has 20 heavy (non-hydrogen) atoms. The lowest BCUT2D eigenvalue weighted by molar-refractivity contribution is 0.627. The van der Waals surface area contributed by atoms with Gasteiger partial charge in [0.1, 0.15) is 5.82 Å². The highest BCUT2D eigenvalue weighted by atomic mass is 79.9. The lowest BCUT2D eigenvalue weighted by Crippen LogP contribution is -2.10. The van der Waals surface area contributed by atoms with Crippen LogP contribution in [0, 0.1) is 5.82 Å². The Morgan fingerprint density at radius 3 is 2.60 bits per heavy atom. The highest BCUT2D eigenvalue weighted by Crippen LogP contribution is 2.33. The molecule has 0 aliphatic heterocycles. The highest BCUT2D eigenvalue weighted by molar-refractivity contribution is 9.10. The van der Waals surface area contributed by atoms with Crippen molar-refractivity contribution in [3.05, 3.63) is 62.3 Å². The molecular formula is C15H13BrCl2FN. The van der Waals surface area contributed by atoms with Crippen molar-refractivity contribution < 1.29 is 4.39 Å². The van der Waals surface area contributed by atoms with Crippen LogP contribution in [-0.4, -0.2) is 0 Å². The van der Waals surface area contributed by atoms with Crippen LogP contribution in [0.4, 0.5) is 10.1 Å². The molecule has 1 nitrogen and oxygen atoms in total. The molecule has 1 N–H and O–H groups in total. The maximum absolute atomic E-state index is 13.3. The molecule has 106 valence electrons.